The van der Waals surface area contributed by atoms with Gasteiger partial charge in [-0.1, -0.05) is 0 Å². The van der Waals surface area contributed by atoms with Gasteiger partial charge in [0.2, 0.25) is 0 Å². The first-order valence-electron chi connectivity index (χ1n) is 2.38. The molecule has 0 aliphatic heterocycles. The van der Waals surface area contributed by atoms with Crippen LogP contribution in [0.1, 0.15) is 0 Å². The quantitative estimate of drug-likeness (QED) is 0.523. The standard InChI is InChI=1S/4CHO2.Ca.Co.2H/c4*2-1-3;;;;/h4*(H,2,3);;;;. The normalized spacial score (nSPS) is 10.9. The van der Waals surface area contributed by atoms with Crippen molar-refractivity contribution in [1.82, 2.24) is 0 Å². The summed E-state index contributed by atoms with van der Waals surface area (Å²) in [6.07, 6.45) is 0. The van der Waals surface area contributed by atoms with Crippen LogP contribution in [-0.2, 0) is 12.6 Å². The van der Waals surface area contributed by atoms with E-state index in [1.54, 1.807) is 0 Å². The van der Waals surface area contributed by atoms with Gasteiger partial charge in [0.15, 0.2) is 0 Å². The van der Waals surface area contributed by atoms with Crippen molar-refractivity contribution in [2.75, 3.05) is 0 Å². The summed E-state index contributed by atoms with van der Waals surface area (Å²) in [4.78, 5) is 31.6. The van der Waals surface area contributed by atoms with E-state index in [0.717, 1.165) is 0 Å². The Hall–Kier alpha value is -0.354. The van der Waals surface area contributed by atoms with Crippen molar-refractivity contribution in [3.8, 4) is 0 Å². The second-order valence-corrected chi connectivity index (χ2v) is 4.78. The van der Waals surface area contributed by atoms with E-state index in [1.165, 1.54) is 0 Å². The predicted octanol–water partition coefficient (Wildman–Crippen LogP) is -0.0639. The van der Waals surface area contributed by atoms with E-state index in [0.29, 0.717) is 0 Å². The molecule has 0 radical (unpaired) electrons. The summed E-state index contributed by atoms with van der Waals surface area (Å²) in [7, 11) is 0. The third kappa shape index (κ3) is 2.36. The van der Waals surface area contributed by atoms with Crippen LogP contribution in [0.25, 0.3) is 0 Å². The Bertz CT molecular complexity index is 236. The third-order valence-corrected chi connectivity index (χ3v) is 3.53. The molecule has 81 valence electrons. The Morgan fingerprint density at radius 2 is 0.786 bits per heavy atom. The summed E-state index contributed by atoms with van der Waals surface area (Å²) in [6.45, 7) is 0. The van der Waals surface area contributed by atoms with E-state index in [9.17, 15) is 19.2 Å². The minimum absolute atomic E-state index is 0. The first-order chi connectivity index (χ1) is 5.77. The van der Waals surface area contributed by atoms with Gasteiger partial charge in [-0.3, -0.25) is 0 Å². The SMILES string of the molecule is O=[C](O)[Co]([C](=O)O)([C](=O)O)[C](=O)O.[CaH2]. The van der Waals surface area contributed by atoms with E-state index in [1.807, 2.05) is 0 Å². The molecule has 0 aromatic rings. The summed E-state index contributed by atoms with van der Waals surface area (Å²) in [5, 5.41) is 33.0. The van der Waals surface area contributed by atoms with Crippen molar-refractivity contribution in [3.05, 3.63) is 0 Å². The topological polar surface area (TPSA) is 149 Å². The Balaban J connectivity index is 0. The zero-order valence-corrected chi connectivity index (χ0v) is 6.80. The fourth-order valence-corrected chi connectivity index (χ4v) is 1.51. The fourth-order valence-electron chi connectivity index (χ4n) is 0.366. The Morgan fingerprint density at radius 3 is 0.786 bits per heavy atom. The van der Waals surface area contributed by atoms with Crippen LogP contribution in [0.2, 0.25) is 0 Å². The summed E-state index contributed by atoms with van der Waals surface area (Å²) >= 11 is -5.10. The van der Waals surface area contributed by atoms with Crippen LogP contribution >= 0.6 is 0 Å². The van der Waals surface area contributed by atoms with Crippen LogP contribution in [-0.4, -0.2) is 77.8 Å². The molecule has 0 fully saturated rings. The second kappa shape index (κ2) is 5.51. The van der Waals surface area contributed by atoms with E-state index in [-0.39, 0.29) is 37.7 Å². The second-order valence-electron chi connectivity index (χ2n) is 1.44. The summed E-state index contributed by atoms with van der Waals surface area (Å²) < 4.78 is 0. The molecule has 10 heteroatoms. The molecule has 14 heavy (non-hydrogen) atoms. The maximum atomic E-state index is 10.3. The molecule has 0 heterocycles. The van der Waals surface area contributed by atoms with Crippen molar-refractivity contribution in [2.24, 2.45) is 0 Å². The van der Waals surface area contributed by atoms with Gasteiger partial charge < -0.3 is 0 Å². The first-order valence-corrected chi connectivity index (χ1v) is 4.46. The molecule has 0 aliphatic rings. The van der Waals surface area contributed by atoms with E-state index in [4.69, 9.17) is 20.4 Å². The molecule has 4 N–H and O–H groups in total. The molecular weight excluding hydrogens is 275 g/mol. The number of carboxylic acid groups (broad SMARTS) is 4. The van der Waals surface area contributed by atoms with Gasteiger partial charge in [0.25, 0.3) is 0 Å². The molecule has 0 rings (SSSR count). The van der Waals surface area contributed by atoms with Crippen molar-refractivity contribution < 1.29 is 52.2 Å². The molecule has 0 saturated heterocycles. The van der Waals surface area contributed by atoms with E-state index >= 15 is 0 Å². The van der Waals surface area contributed by atoms with E-state index in [2.05, 4.69) is 0 Å². The third-order valence-electron chi connectivity index (χ3n) is 0.855. The molecule has 0 unspecified atom stereocenters. The predicted molar refractivity (Wildman–Crippen MR) is 40.6 cm³/mol. The van der Waals surface area contributed by atoms with E-state index < -0.39 is 32.2 Å². The number of hydrogen-bond acceptors (Lipinski definition) is 4. The first kappa shape index (κ1) is 16.1. The molecule has 8 nitrogen and oxygen atoms in total. The van der Waals surface area contributed by atoms with Gasteiger partial charge in [0, 0.05) is 0 Å². The van der Waals surface area contributed by atoms with Gasteiger partial charge in [-0.15, -0.1) is 0 Å². The van der Waals surface area contributed by atoms with Crippen LogP contribution in [0.15, 0.2) is 0 Å². The van der Waals surface area contributed by atoms with Gasteiger partial charge in [0.1, 0.15) is 0 Å². The zero-order valence-electron chi connectivity index (χ0n) is 5.76. The fraction of sp³-hybridized carbons (Fsp3) is 0. The van der Waals surface area contributed by atoms with Crippen LogP contribution in [0, 0.1) is 0 Å². The molecule has 0 amide bonds. The summed E-state index contributed by atoms with van der Waals surface area (Å²) in [6, 6.07) is 0. The maximum absolute atomic E-state index is 10.3. The van der Waals surface area contributed by atoms with Crippen molar-refractivity contribution in [2.45, 2.75) is 0 Å². The van der Waals surface area contributed by atoms with Crippen molar-refractivity contribution in [3.63, 3.8) is 0 Å². The van der Waals surface area contributed by atoms with Crippen LogP contribution in [0.5, 0.6) is 0 Å². The van der Waals surface area contributed by atoms with Crippen molar-refractivity contribution in [1.29, 1.82) is 0 Å². The van der Waals surface area contributed by atoms with Crippen LogP contribution < -0.4 is 0 Å². The Morgan fingerprint density at radius 1 is 0.643 bits per heavy atom. The molecular formula is C4H6CaCoO8. The number of rotatable bonds is 4. The molecule has 0 aromatic heterocycles. The monoisotopic (exact) mass is 281 g/mol. The van der Waals surface area contributed by atoms with Crippen LogP contribution in [0.4, 0.5) is 19.2 Å². The van der Waals surface area contributed by atoms with Gasteiger partial charge in [0.05, 0.1) is 0 Å². The molecule has 0 spiro atoms. The summed E-state index contributed by atoms with van der Waals surface area (Å²) in [5.74, 6) is 0. The molecule has 0 saturated carbocycles. The van der Waals surface area contributed by atoms with Gasteiger partial charge in [-0.05, 0) is 0 Å². The zero-order chi connectivity index (χ0) is 10.8. The average molecular weight is 281 g/mol. The number of carbonyl (C=O) groups is 4. The molecule has 0 bridgehead atoms. The van der Waals surface area contributed by atoms with Gasteiger partial charge >= 0.3 is 110 Å². The molecule has 0 atom stereocenters. The molecule has 0 aliphatic carbocycles. The van der Waals surface area contributed by atoms with Crippen molar-refractivity contribution >= 4 is 57.4 Å². The van der Waals surface area contributed by atoms with Gasteiger partial charge in [-0.2, -0.15) is 0 Å². The van der Waals surface area contributed by atoms with Crippen LogP contribution in [0.3, 0.4) is 0 Å². The van der Waals surface area contributed by atoms with Gasteiger partial charge in [-0.25, -0.2) is 0 Å². The minimum atomic E-state index is -5.10. The summed E-state index contributed by atoms with van der Waals surface area (Å²) in [5.41, 5.74) is 0. The number of hydrogen-bond donors (Lipinski definition) is 4. The Kier molecular flexibility index (Phi) is 6.33. The average Bonchev–Trinajstić information content (AvgIpc) is 1.82. The Labute approximate surface area is 109 Å². The molecule has 0 aromatic carbocycles.